The number of carbonyl (C=O) groups excluding carboxylic acids is 1. The topological polar surface area (TPSA) is 49.8 Å². The van der Waals surface area contributed by atoms with Crippen LogP contribution in [-0.2, 0) is 4.74 Å². The molecule has 1 amide bonds. The fourth-order valence-electron chi connectivity index (χ4n) is 1.71. The largest absolute Gasteiger partial charge is 0.508 e. The molecule has 5 heteroatoms. The highest BCUT2D eigenvalue weighted by Crippen LogP contribution is 2.17. The van der Waals surface area contributed by atoms with Crippen LogP contribution in [0.25, 0.3) is 0 Å². The Bertz CT molecular complexity index is 423. The molecule has 1 rings (SSSR count). The summed E-state index contributed by atoms with van der Waals surface area (Å²) in [5.41, 5.74) is 1.31. The van der Waals surface area contributed by atoms with E-state index in [0.717, 1.165) is 5.56 Å². The molecular weight excluding hydrogens is 254 g/mol. The first-order chi connectivity index (χ1) is 8.45. The van der Waals surface area contributed by atoms with Crippen LogP contribution in [0, 0.1) is 6.92 Å². The average molecular weight is 272 g/mol. The van der Waals surface area contributed by atoms with E-state index in [1.807, 2.05) is 0 Å². The fraction of sp³-hybridized carbons (Fsp3) is 0.462. The lowest BCUT2D eigenvalue weighted by molar-refractivity contribution is 0.0781. The number of phenols is 1. The number of methoxy groups -OCH3 is 1. The molecule has 0 aromatic heterocycles. The van der Waals surface area contributed by atoms with Crippen LogP contribution >= 0.6 is 11.6 Å². The second-order valence-electron chi connectivity index (χ2n) is 4.24. The maximum atomic E-state index is 12.2. The molecule has 100 valence electrons. The van der Waals surface area contributed by atoms with Gasteiger partial charge in [-0.1, -0.05) is 0 Å². The van der Waals surface area contributed by atoms with Crippen LogP contribution in [0.15, 0.2) is 18.2 Å². The van der Waals surface area contributed by atoms with Gasteiger partial charge >= 0.3 is 0 Å². The van der Waals surface area contributed by atoms with Gasteiger partial charge < -0.3 is 14.7 Å². The summed E-state index contributed by atoms with van der Waals surface area (Å²) in [7, 11) is 3.26. The Morgan fingerprint density at radius 3 is 2.78 bits per heavy atom. The predicted molar refractivity (Wildman–Crippen MR) is 71.3 cm³/mol. The number of aryl methyl sites for hydroxylation is 1. The van der Waals surface area contributed by atoms with E-state index in [1.165, 1.54) is 6.07 Å². The van der Waals surface area contributed by atoms with Gasteiger partial charge in [0.2, 0.25) is 0 Å². The maximum absolute atomic E-state index is 12.2. The van der Waals surface area contributed by atoms with Gasteiger partial charge in [0, 0.05) is 26.3 Å². The van der Waals surface area contributed by atoms with E-state index in [1.54, 1.807) is 38.1 Å². The van der Waals surface area contributed by atoms with Gasteiger partial charge in [-0.15, -0.1) is 11.6 Å². The van der Waals surface area contributed by atoms with Crippen molar-refractivity contribution in [3.63, 3.8) is 0 Å². The number of ether oxygens (including phenoxy) is 1. The lowest BCUT2D eigenvalue weighted by Gasteiger charge is -2.21. The highest BCUT2D eigenvalue weighted by atomic mass is 35.5. The number of phenolic OH excluding ortho intramolecular Hbond substituents is 1. The summed E-state index contributed by atoms with van der Waals surface area (Å²) in [4.78, 5) is 13.7. The van der Waals surface area contributed by atoms with Crippen LogP contribution in [-0.4, -0.2) is 48.6 Å². The Balaban J connectivity index is 2.74. The summed E-state index contributed by atoms with van der Waals surface area (Å²) in [6.45, 7) is 2.59. The molecule has 0 heterocycles. The first-order valence-electron chi connectivity index (χ1n) is 5.63. The molecule has 18 heavy (non-hydrogen) atoms. The third kappa shape index (κ3) is 3.89. The molecule has 4 nitrogen and oxygen atoms in total. The van der Waals surface area contributed by atoms with Crippen molar-refractivity contribution in [3.05, 3.63) is 29.3 Å². The minimum absolute atomic E-state index is 0.116. The molecule has 0 saturated heterocycles. The lowest BCUT2D eigenvalue weighted by Crippen LogP contribution is -2.34. The van der Waals surface area contributed by atoms with Gasteiger partial charge in [-0.3, -0.25) is 4.79 Å². The minimum Gasteiger partial charge on any atom is -0.508 e. The Kier molecular flexibility index (Phi) is 5.44. The van der Waals surface area contributed by atoms with Crippen LogP contribution in [0.1, 0.15) is 15.9 Å². The van der Waals surface area contributed by atoms with Gasteiger partial charge in [-0.05, 0) is 30.7 Å². The molecule has 1 N–H and O–H groups in total. The van der Waals surface area contributed by atoms with Crippen LogP contribution in [0.3, 0.4) is 0 Å². The summed E-state index contributed by atoms with van der Waals surface area (Å²) in [6, 6.07) is 4.68. The lowest BCUT2D eigenvalue weighted by atomic mass is 10.1. The average Bonchev–Trinajstić information content (AvgIpc) is 2.28. The van der Waals surface area contributed by atoms with Crippen molar-refractivity contribution in [2.45, 2.75) is 12.3 Å². The molecule has 1 atom stereocenters. The number of nitrogens with zero attached hydrogens (tertiary/aromatic N) is 1. The number of rotatable bonds is 5. The molecule has 0 aliphatic rings. The molecule has 0 saturated carbocycles. The fourth-order valence-corrected chi connectivity index (χ4v) is 2.04. The Labute approximate surface area is 112 Å². The van der Waals surface area contributed by atoms with Crippen LogP contribution in [0.2, 0.25) is 0 Å². The van der Waals surface area contributed by atoms with Crippen LogP contribution in [0.5, 0.6) is 5.75 Å². The minimum atomic E-state index is -0.235. The van der Waals surface area contributed by atoms with Crippen molar-refractivity contribution in [3.8, 4) is 5.75 Å². The number of amides is 1. The number of carbonyl (C=O) groups is 1. The molecule has 1 aromatic carbocycles. The number of alkyl halides is 1. The van der Waals surface area contributed by atoms with E-state index >= 15 is 0 Å². The van der Waals surface area contributed by atoms with Crippen molar-refractivity contribution < 1.29 is 14.6 Å². The summed E-state index contributed by atoms with van der Waals surface area (Å²) >= 11 is 6.01. The third-order valence-corrected chi connectivity index (χ3v) is 2.87. The first kappa shape index (κ1) is 14.8. The van der Waals surface area contributed by atoms with Crippen LogP contribution in [0.4, 0.5) is 0 Å². The SMILES string of the molecule is COCC(Cl)CN(C)C(=O)c1ccc(O)cc1C. The van der Waals surface area contributed by atoms with Crippen molar-refractivity contribution >= 4 is 17.5 Å². The standard InChI is InChI=1S/C13H18ClNO3/c1-9-6-11(16)4-5-12(9)13(17)15(2)7-10(14)8-18-3/h4-6,10,16H,7-8H2,1-3H3. The van der Waals surface area contributed by atoms with Gasteiger partial charge in [0.15, 0.2) is 0 Å². The summed E-state index contributed by atoms with van der Waals surface area (Å²) in [6.07, 6.45) is 0. The van der Waals surface area contributed by atoms with E-state index in [0.29, 0.717) is 18.7 Å². The number of benzene rings is 1. The highest BCUT2D eigenvalue weighted by molar-refractivity contribution is 6.21. The zero-order valence-corrected chi connectivity index (χ0v) is 11.6. The molecule has 0 radical (unpaired) electrons. The van der Waals surface area contributed by atoms with Gasteiger partial charge in [0.1, 0.15) is 5.75 Å². The number of hydrogen-bond acceptors (Lipinski definition) is 3. The molecule has 1 unspecified atom stereocenters. The van der Waals surface area contributed by atoms with E-state index in [-0.39, 0.29) is 17.0 Å². The quantitative estimate of drug-likeness (QED) is 0.834. The number of aromatic hydroxyl groups is 1. The predicted octanol–water partition coefficient (Wildman–Crippen LogP) is 2.03. The van der Waals surface area contributed by atoms with Gasteiger partial charge in [0.25, 0.3) is 5.91 Å². The van der Waals surface area contributed by atoms with Crippen molar-refractivity contribution in [2.24, 2.45) is 0 Å². The van der Waals surface area contributed by atoms with Crippen LogP contribution < -0.4 is 0 Å². The summed E-state index contributed by atoms with van der Waals surface area (Å²) in [5, 5.41) is 9.08. The van der Waals surface area contributed by atoms with E-state index in [2.05, 4.69) is 0 Å². The Morgan fingerprint density at radius 2 is 2.22 bits per heavy atom. The molecule has 0 aliphatic heterocycles. The van der Waals surface area contributed by atoms with E-state index in [9.17, 15) is 9.90 Å². The van der Waals surface area contributed by atoms with Gasteiger partial charge in [-0.25, -0.2) is 0 Å². The van der Waals surface area contributed by atoms with Crippen molar-refractivity contribution in [2.75, 3.05) is 27.3 Å². The van der Waals surface area contributed by atoms with E-state index in [4.69, 9.17) is 16.3 Å². The zero-order valence-electron chi connectivity index (χ0n) is 10.8. The molecule has 0 spiro atoms. The number of halogens is 1. The third-order valence-electron chi connectivity index (χ3n) is 2.61. The zero-order chi connectivity index (χ0) is 13.7. The molecule has 0 bridgehead atoms. The summed E-state index contributed by atoms with van der Waals surface area (Å²) in [5.74, 6) is 0.0376. The molecule has 0 fully saturated rings. The summed E-state index contributed by atoms with van der Waals surface area (Å²) < 4.78 is 4.93. The molecule has 1 aromatic rings. The van der Waals surface area contributed by atoms with Gasteiger partial charge in [0.05, 0.1) is 12.0 Å². The molecule has 0 aliphatic carbocycles. The Hall–Kier alpha value is -1.26. The normalized spacial score (nSPS) is 12.2. The Morgan fingerprint density at radius 1 is 1.56 bits per heavy atom. The van der Waals surface area contributed by atoms with Crippen molar-refractivity contribution in [1.82, 2.24) is 4.90 Å². The molecular formula is C13H18ClNO3. The monoisotopic (exact) mass is 271 g/mol. The van der Waals surface area contributed by atoms with E-state index < -0.39 is 0 Å². The highest BCUT2D eigenvalue weighted by Gasteiger charge is 2.17. The second kappa shape index (κ2) is 6.61. The second-order valence-corrected chi connectivity index (χ2v) is 4.85. The van der Waals surface area contributed by atoms with Gasteiger partial charge in [-0.2, -0.15) is 0 Å². The number of hydrogen-bond donors (Lipinski definition) is 1. The van der Waals surface area contributed by atoms with Crippen molar-refractivity contribution in [1.29, 1.82) is 0 Å². The maximum Gasteiger partial charge on any atom is 0.253 e. The first-order valence-corrected chi connectivity index (χ1v) is 6.07. The smallest absolute Gasteiger partial charge is 0.253 e.